The van der Waals surface area contributed by atoms with Gasteiger partial charge >= 0.3 is 5.97 Å². The van der Waals surface area contributed by atoms with Gasteiger partial charge in [-0.2, -0.15) is 0 Å². The topological polar surface area (TPSA) is 37.3 Å². The second kappa shape index (κ2) is 3.54. The molecule has 0 atom stereocenters. The van der Waals surface area contributed by atoms with E-state index < -0.39 is 5.97 Å². The number of carboxylic acids is 1. The summed E-state index contributed by atoms with van der Waals surface area (Å²) in [5.74, 6) is -0.882. The molecule has 1 aliphatic heterocycles. The Kier molecular flexibility index (Phi) is 2.23. The largest absolute Gasteiger partial charge is 0.478 e. The summed E-state index contributed by atoms with van der Waals surface area (Å²) < 4.78 is 0. The molecule has 1 heterocycles. The summed E-state index contributed by atoms with van der Waals surface area (Å²) >= 11 is 0. The fourth-order valence-electron chi connectivity index (χ4n) is 1.39. The van der Waals surface area contributed by atoms with E-state index in [0.29, 0.717) is 5.47 Å². The third-order valence-corrected chi connectivity index (χ3v) is 2.11. The van der Waals surface area contributed by atoms with Crippen LogP contribution in [-0.2, 0) is 4.79 Å². The predicted molar refractivity (Wildman–Crippen MR) is 55.9 cm³/mol. The standard InChI is InChI=1S/C11H8BO2/c13-11(14)10-7-6-9(12-10)8-4-2-1-3-5-8/h1-7H,(H,13,14). The van der Waals surface area contributed by atoms with Crippen LogP contribution in [0.15, 0.2) is 48.0 Å². The highest BCUT2D eigenvalue weighted by atomic mass is 16.4. The molecular weight excluding hydrogens is 175 g/mol. The van der Waals surface area contributed by atoms with Crippen LogP contribution in [0.3, 0.4) is 0 Å². The van der Waals surface area contributed by atoms with E-state index in [2.05, 4.69) is 0 Å². The van der Waals surface area contributed by atoms with Crippen LogP contribution < -0.4 is 0 Å². The minimum atomic E-state index is -0.882. The van der Waals surface area contributed by atoms with Gasteiger partial charge in [-0.05, 0) is 5.56 Å². The highest BCUT2D eigenvalue weighted by Gasteiger charge is 2.16. The van der Waals surface area contributed by atoms with Crippen molar-refractivity contribution in [2.45, 2.75) is 0 Å². The Hall–Kier alpha value is -1.77. The maximum Gasteiger partial charge on any atom is 0.322 e. The third kappa shape index (κ3) is 1.62. The maximum absolute atomic E-state index is 10.6. The van der Waals surface area contributed by atoms with Crippen molar-refractivity contribution in [3.63, 3.8) is 0 Å². The first-order chi connectivity index (χ1) is 6.77. The van der Waals surface area contributed by atoms with Crippen molar-refractivity contribution in [3.05, 3.63) is 53.5 Å². The van der Waals surface area contributed by atoms with Crippen LogP contribution in [0.1, 0.15) is 5.56 Å². The summed E-state index contributed by atoms with van der Waals surface area (Å²) in [7, 11) is 1.68. The quantitative estimate of drug-likeness (QED) is 0.708. The van der Waals surface area contributed by atoms with Gasteiger partial charge in [-0.1, -0.05) is 48.0 Å². The molecular formula is C11H8BO2. The minimum absolute atomic E-state index is 0.337. The maximum atomic E-state index is 10.6. The molecule has 0 aliphatic carbocycles. The number of carbonyl (C=O) groups is 1. The molecule has 67 valence electrons. The highest BCUT2D eigenvalue weighted by molar-refractivity contribution is 6.73. The number of benzene rings is 1. The molecule has 0 spiro atoms. The molecule has 1 N–H and O–H groups in total. The number of carboxylic acid groups (broad SMARTS) is 1. The van der Waals surface area contributed by atoms with Crippen LogP contribution >= 0.6 is 0 Å². The van der Waals surface area contributed by atoms with Gasteiger partial charge in [0.05, 0.1) is 0 Å². The molecule has 1 aliphatic rings. The first-order valence-corrected chi connectivity index (χ1v) is 4.33. The zero-order chi connectivity index (χ0) is 9.97. The van der Waals surface area contributed by atoms with E-state index in [0.717, 1.165) is 11.0 Å². The molecule has 2 nitrogen and oxygen atoms in total. The molecule has 0 amide bonds. The lowest BCUT2D eigenvalue weighted by Gasteiger charge is -2.00. The molecule has 2 rings (SSSR count). The number of rotatable bonds is 2. The predicted octanol–water partition coefficient (Wildman–Crippen LogP) is 1.71. The Morgan fingerprint density at radius 3 is 2.43 bits per heavy atom. The number of hydrogen-bond acceptors (Lipinski definition) is 1. The fourth-order valence-corrected chi connectivity index (χ4v) is 1.39. The fraction of sp³-hybridized carbons (Fsp3) is 0. The molecule has 14 heavy (non-hydrogen) atoms. The van der Waals surface area contributed by atoms with Crippen molar-refractivity contribution in [1.29, 1.82) is 0 Å². The molecule has 0 unspecified atom stereocenters. The van der Waals surface area contributed by atoms with E-state index in [1.54, 1.807) is 13.4 Å². The summed E-state index contributed by atoms with van der Waals surface area (Å²) in [6.07, 6.45) is 3.43. The van der Waals surface area contributed by atoms with E-state index >= 15 is 0 Å². The Morgan fingerprint density at radius 1 is 1.14 bits per heavy atom. The second-order valence-electron chi connectivity index (χ2n) is 3.06. The molecule has 0 fully saturated rings. The molecule has 0 bridgehead atoms. The van der Waals surface area contributed by atoms with E-state index in [9.17, 15) is 4.79 Å². The number of aliphatic carboxylic acids is 1. The van der Waals surface area contributed by atoms with Gasteiger partial charge in [0.1, 0.15) is 0 Å². The number of allylic oxidation sites excluding steroid dienone is 2. The van der Waals surface area contributed by atoms with Crippen LogP contribution in [0.25, 0.3) is 5.47 Å². The molecule has 0 saturated carbocycles. The van der Waals surface area contributed by atoms with Gasteiger partial charge in [-0.15, -0.1) is 0 Å². The first-order valence-electron chi connectivity index (χ1n) is 4.33. The average molecular weight is 183 g/mol. The zero-order valence-electron chi connectivity index (χ0n) is 7.47. The van der Waals surface area contributed by atoms with E-state index in [-0.39, 0.29) is 0 Å². The summed E-state index contributed by atoms with van der Waals surface area (Å²) in [5, 5.41) is 8.75. The summed E-state index contributed by atoms with van der Waals surface area (Å²) in [5.41, 5.74) is 2.33. The van der Waals surface area contributed by atoms with Crippen molar-refractivity contribution < 1.29 is 9.90 Å². The summed E-state index contributed by atoms with van der Waals surface area (Å²) in [6, 6.07) is 9.72. The van der Waals surface area contributed by atoms with Crippen molar-refractivity contribution in [3.8, 4) is 0 Å². The highest BCUT2D eigenvalue weighted by Crippen LogP contribution is 2.20. The SMILES string of the molecule is O=C(O)C1=CC=C(c2ccccc2)[B]1. The van der Waals surface area contributed by atoms with E-state index in [1.165, 1.54) is 0 Å². The first kappa shape index (κ1) is 8.82. The lowest BCUT2D eigenvalue weighted by Crippen LogP contribution is -2.06. The molecule has 1 radical (unpaired) electrons. The average Bonchev–Trinajstić information content (AvgIpc) is 2.68. The lowest BCUT2D eigenvalue weighted by molar-refractivity contribution is -0.131. The molecule has 0 aromatic heterocycles. The zero-order valence-corrected chi connectivity index (χ0v) is 7.47. The summed E-state index contributed by atoms with van der Waals surface area (Å²) in [4.78, 5) is 10.6. The van der Waals surface area contributed by atoms with E-state index in [1.807, 2.05) is 36.4 Å². The van der Waals surface area contributed by atoms with Crippen molar-refractivity contribution in [1.82, 2.24) is 0 Å². The van der Waals surface area contributed by atoms with Crippen LogP contribution in [0.2, 0.25) is 0 Å². The van der Waals surface area contributed by atoms with Crippen LogP contribution in [0.5, 0.6) is 0 Å². The second-order valence-corrected chi connectivity index (χ2v) is 3.06. The van der Waals surface area contributed by atoms with Gasteiger partial charge in [0.15, 0.2) is 0 Å². The molecule has 1 aromatic rings. The van der Waals surface area contributed by atoms with Gasteiger partial charge in [0.2, 0.25) is 7.28 Å². The van der Waals surface area contributed by atoms with Gasteiger partial charge < -0.3 is 5.11 Å². The third-order valence-electron chi connectivity index (χ3n) is 2.11. The van der Waals surface area contributed by atoms with Crippen molar-refractivity contribution in [2.24, 2.45) is 0 Å². The Morgan fingerprint density at radius 2 is 1.86 bits per heavy atom. The smallest absolute Gasteiger partial charge is 0.322 e. The minimum Gasteiger partial charge on any atom is -0.478 e. The summed E-state index contributed by atoms with van der Waals surface area (Å²) in [6.45, 7) is 0. The Labute approximate surface area is 82.8 Å². The Bertz CT molecular complexity index is 418. The van der Waals surface area contributed by atoms with Gasteiger partial charge in [0.25, 0.3) is 0 Å². The van der Waals surface area contributed by atoms with Crippen LogP contribution in [0.4, 0.5) is 0 Å². The van der Waals surface area contributed by atoms with Crippen LogP contribution in [-0.4, -0.2) is 18.4 Å². The normalized spacial score (nSPS) is 14.3. The van der Waals surface area contributed by atoms with E-state index in [4.69, 9.17) is 5.11 Å². The van der Waals surface area contributed by atoms with Crippen LogP contribution in [0, 0.1) is 0 Å². The van der Waals surface area contributed by atoms with Gasteiger partial charge in [-0.25, -0.2) is 4.79 Å². The van der Waals surface area contributed by atoms with Crippen molar-refractivity contribution >= 4 is 18.7 Å². The van der Waals surface area contributed by atoms with Gasteiger partial charge in [0, 0.05) is 5.47 Å². The van der Waals surface area contributed by atoms with Gasteiger partial charge in [-0.3, -0.25) is 0 Å². The lowest BCUT2D eigenvalue weighted by atomic mass is 9.64. The monoisotopic (exact) mass is 183 g/mol. The Balaban J connectivity index is 2.17. The van der Waals surface area contributed by atoms with Crippen molar-refractivity contribution in [2.75, 3.05) is 0 Å². The molecule has 3 heteroatoms. The number of hydrogen-bond donors (Lipinski definition) is 1. The molecule has 0 saturated heterocycles. The molecule has 1 aromatic carbocycles.